The van der Waals surface area contributed by atoms with Crippen LogP contribution in [0.15, 0.2) is 0 Å². The van der Waals surface area contributed by atoms with Crippen LogP contribution in [0.3, 0.4) is 0 Å². The summed E-state index contributed by atoms with van der Waals surface area (Å²) in [5.41, 5.74) is 5.98. The predicted molar refractivity (Wildman–Crippen MR) is 119 cm³/mol. The third-order valence-corrected chi connectivity index (χ3v) is 6.60. The van der Waals surface area contributed by atoms with E-state index in [1.165, 1.54) is 14.2 Å². The number of aliphatic hydroxyl groups excluding tert-OH is 1. The second-order valence-electron chi connectivity index (χ2n) is 10.7. The first kappa shape index (κ1) is 27.6. The molecule has 9 atom stereocenters. The first-order valence-corrected chi connectivity index (χ1v) is 12.1. The van der Waals surface area contributed by atoms with Gasteiger partial charge in [-0.1, -0.05) is 0 Å². The molecule has 4 aliphatic rings. The largest absolute Gasteiger partial charge is 0.385 e. The molecule has 35 heavy (non-hydrogen) atoms. The van der Waals surface area contributed by atoms with Gasteiger partial charge in [0.1, 0.15) is 48.8 Å². The highest BCUT2D eigenvalue weighted by Crippen LogP contribution is 2.41. The lowest BCUT2D eigenvalue weighted by Gasteiger charge is -2.42. The molecule has 0 spiro atoms. The zero-order valence-corrected chi connectivity index (χ0v) is 21.8. The van der Waals surface area contributed by atoms with Crippen molar-refractivity contribution in [3.63, 3.8) is 0 Å². The Labute approximate surface area is 206 Å². The van der Waals surface area contributed by atoms with Crippen LogP contribution in [0, 0.1) is 0 Å². The standard InChI is InChI=1S/C23H41NO11/c1-21(2)28-10-12(31-21)14(17-18(20(26-7)27-8)35-23(5,6)34-17)30-19-13(25)16-15(11(9-24)29-19)32-22(3,4)33-16/h11-20,25H,9-10,24H2,1-8H3/t11-,12-,13-,14-,15-,16-,17+,18-,19+/m1/s1. The molecule has 0 aromatic rings. The highest BCUT2D eigenvalue weighted by molar-refractivity contribution is 4.99. The van der Waals surface area contributed by atoms with E-state index in [-0.39, 0.29) is 13.2 Å². The summed E-state index contributed by atoms with van der Waals surface area (Å²) < 4.78 is 59.9. The Morgan fingerprint density at radius 3 is 2.03 bits per heavy atom. The van der Waals surface area contributed by atoms with Crippen molar-refractivity contribution in [2.45, 2.75) is 120 Å². The van der Waals surface area contributed by atoms with E-state index in [9.17, 15) is 5.11 Å². The molecule has 4 saturated heterocycles. The van der Waals surface area contributed by atoms with Crippen LogP contribution in [-0.4, -0.2) is 111 Å². The van der Waals surface area contributed by atoms with Crippen molar-refractivity contribution in [2.75, 3.05) is 27.4 Å². The molecule has 4 rings (SSSR count). The average Bonchev–Trinajstić information content (AvgIpc) is 3.40. The average molecular weight is 508 g/mol. The molecule has 0 unspecified atom stereocenters. The van der Waals surface area contributed by atoms with Gasteiger partial charge in [-0.15, -0.1) is 0 Å². The van der Waals surface area contributed by atoms with Gasteiger partial charge in [-0.2, -0.15) is 0 Å². The number of ether oxygens (including phenoxy) is 10. The Hall–Kier alpha value is -0.480. The summed E-state index contributed by atoms with van der Waals surface area (Å²) in [6, 6.07) is 0. The SMILES string of the molecule is COC(OC)[C@@H]1OC(C)(C)O[C@H]1[C@H](O[C@@H]1O[C@H](CN)[C@H]2OC(C)(C)O[C@@H]2[C@H]1O)[C@H]1COC(C)(C)O1. The highest BCUT2D eigenvalue weighted by Gasteiger charge is 2.58. The Morgan fingerprint density at radius 2 is 1.46 bits per heavy atom. The maximum atomic E-state index is 11.2. The number of methoxy groups -OCH3 is 2. The summed E-state index contributed by atoms with van der Waals surface area (Å²) in [6.45, 7) is 11.2. The van der Waals surface area contributed by atoms with Gasteiger partial charge in [0.05, 0.1) is 6.61 Å². The Morgan fingerprint density at radius 1 is 0.857 bits per heavy atom. The first-order valence-electron chi connectivity index (χ1n) is 12.1. The summed E-state index contributed by atoms with van der Waals surface area (Å²) in [4.78, 5) is 0. The maximum absolute atomic E-state index is 11.2. The summed E-state index contributed by atoms with van der Waals surface area (Å²) in [6.07, 6.45) is -7.49. The lowest BCUT2D eigenvalue weighted by molar-refractivity contribution is -0.311. The number of nitrogens with two attached hydrogens (primary N) is 1. The van der Waals surface area contributed by atoms with Crippen molar-refractivity contribution in [2.24, 2.45) is 5.73 Å². The maximum Gasteiger partial charge on any atom is 0.187 e. The van der Waals surface area contributed by atoms with Gasteiger partial charge in [0.15, 0.2) is 29.9 Å². The zero-order chi connectivity index (χ0) is 25.8. The second-order valence-corrected chi connectivity index (χ2v) is 10.7. The Kier molecular flexibility index (Phi) is 7.88. The van der Waals surface area contributed by atoms with Gasteiger partial charge < -0.3 is 58.2 Å². The van der Waals surface area contributed by atoms with E-state index in [0.29, 0.717) is 0 Å². The summed E-state index contributed by atoms with van der Waals surface area (Å²) in [5.74, 6) is -2.68. The molecule has 0 amide bonds. The minimum Gasteiger partial charge on any atom is -0.385 e. The topological polar surface area (TPSA) is 139 Å². The van der Waals surface area contributed by atoms with Gasteiger partial charge >= 0.3 is 0 Å². The van der Waals surface area contributed by atoms with Gasteiger partial charge in [-0.3, -0.25) is 0 Å². The number of aliphatic hydroxyl groups is 1. The lowest BCUT2D eigenvalue weighted by atomic mass is 9.98. The molecule has 3 N–H and O–H groups in total. The minimum absolute atomic E-state index is 0.155. The van der Waals surface area contributed by atoms with Crippen molar-refractivity contribution in [3.05, 3.63) is 0 Å². The molecule has 4 aliphatic heterocycles. The van der Waals surface area contributed by atoms with Crippen molar-refractivity contribution < 1.29 is 52.5 Å². The molecule has 0 bridgehead atoms. The molecule has 0 aromatic carbocycles. The third-order valence-electron chi connectivity index (χ3n) is 6.60. The summed E-state index contributed by atoms with van der Waals surface area (Å²) in [5, 5.41) is 11.2. The molecule has 0 aromatic heterocycles. The van der Waals surface area contributed by atoms with Crippen LogP contribution in [0.5, 0.6) is 0 Å². The quantitative estimate of drug-likeness (QED) is 0.435. The molecule has 12 heteroatoms. The summed E-state index contributed by atoms with van der Waals surface area (Å²) in [7, 11) is 3.04. The highest BCUT2D eigenvalue weighted by atomic mass is 16.8. The number of hydrogen-bond donors (Lipinski definition) is 2. The number of rotatable bonds is 8. The molecule has 4 fully saturated rings. The third kappa shape index (κ3) is 5.69. The van der Waals surface area contributed by atoms with E-state index < -0.39 is 78.8 Å². The zero-order valence-electron chi connectivity index (χ0n) is 21.8. The number of hydrogen-bond acceptors (Lipinski definition) is 12. The second kappa shape index (κ2) is 10.0. The normalized spacial score (nSPS) is 42.9. The van der Waals surface area contributed by atoms with Crippen LogP contribution in [0.25, 0.3) is 0 Å². The fraction of sp³-hybridized carbons (Fsp3) is 1.00. The van der Waals surface area contributed by atoms with Crippen molar-refractivity contribution in [1.82, 2.24) is 0 Å². The van der Waals surface area contributed by atoms with E-state index >= 15 is 0 Å². The summed E-state index contributed by atoms with van der Waals surface area (Å²) >= 11 is 0. The van der Waals surface area contributed by atoms with Crippen molar-refractivity contribution >= 4 is 0 Å². The van der Waals surface area contributed by atoms with Crippen LogP contribution in [-0.2, 0) is 47.4 Å². The molecule has 12 nitrogen and oxygen atoms in total. The van der Waals surface area contributed by atoms with Crippen molar-refractivity contribution in [3.8, 4) is 0 Å². The van der Waals surface area contributed by atoms with Crippen LogP contribution in [0.1, 0.15) is 41.5 Å². The lowest BCUT2D eigenvalue weighted by Crippen LogP contribution is -2.61. The predicted octanol–water partition coefficient (Wildman–Crippen LogP) is 0.227. The Bertz CT molecular complexity index is 730. The van der Waals surface area contributed by atoms with Crippen LogP contribution in [0.4, 0.5) is 0 Å². The fourth-order valence-electron chi connectivity index (χ4n) is 5.21. The van der Waals surface area contributed by atoms with E-state index in [1.807, 2.05) is 13.8 Å². The van der Waals surface area contributed by atoms with E-state index in [0.717, 1.165) is 0 Å². The van der Waals surface area contributed by atoms with Crippen LogP contribution >= 0.6 is 0 Å². The Balaban J connectivity index is 1.62. The minimum atomic E-state index is -1.16. The van der Waals surface area contributed by atoms with E-state index in [4.69, 9.17) is 53.1 Å². The van der Waals surface area contributed by atoms with Crippen LogP contribution < -0.4 is 5.73 Å². The van der Waals surface area contributed by atoms with Gasteiger partial charge in [0.2, 0.25) is 0 Å². The van der Waals surface area contributed by atoms with Crippen molar-refractivity contribution in [1.29, 1.82) is 0 Å². The molecule has 0 radical (unpaired) electrons. The molecule has 4 heterocycles. The van der Waals surface area contributed by atoms with Gasteiger partial charge in [0, 0.05) is 20.8 Å². The fourth-order valence-corrected chi connectivity index (χ4v) is 5.21. The first-order chi connectivity index (χ1) is 16.3. The van der Waals surface area contributed by atoms with E-state index in [1.54, 1.807) is 27.7 Å². The molecular weight excluding hydrogens is 466 g/mol. The molecule has 0 aliphatic carbocycles. The van der Waals surface area contributed by atoms with Gasteiger partial charge in [0.25, 0.3) is 0 Å². The molecular formula is C23H41NO11. The molecule has 204 valence electrons. The van der Waals surface area contributed by atoms with Gasteiger partial charge in [-0.05, 0) is 41.5 Å². The smallest absolute Gasteiger partial charge is 0.187 e. The monoisotopic (exact) mass is 507 g/mol. The number of fused-ring (bicyclic) bond motifs is 1. The van der Waals surface area contributed by atoms with Crippen LogP contribution in [0.2, 0.25) is 0 Å². The molecule has 0 saturated carbocycles. The van der Waals surface area contributed by atoms with E-state index in [2.05, 4.69) is 0 Å². The van der Waals surface area contributed by atoms with Gasteiger partial charge in [-0.25, -0.2) is 0 Å².